The molecule has 0 amide bonds. The van der Waals surface area contributed by atoms with Gasteiger partial charge < -0.3 is 19.2 Å². The first-order valence-corrected chi connectivity index (χ1v) is 13.2. The van der Waals surface area contributed by atoms with Crippen LogP contribution in [-0.4, -0.2) is 53.5 Å². The summed E-state index contributed by atoms with van der Waals surface area (Å²) < 4.78 is 25.9. The van der Waals surface area contributed by atoms with Crippen molar-refractivity contribution in [3.8, 4) is 5.75 Å². The fourth-order valence-corrected chi connectivity index (χ4v) is 5.92. The average molecular weight is 501 g/mol. The molecule has 1 unspecified atom stereocenters. The number of rotatable bonds is 12. The van der Waals surface area contributed by atoms with Gasteiger partial charge in [-0.1, -0.05) is 0 Å². The number of carboxylic acid groups (broad SMARTS) is 1. The molecule has 3 heterocycles. The van der Waals surface area contributed by atoms with Crippen molar-refractivity contribution in [1.29, 1.82) is 0 Å². The van der Waals surface area contributed by atoms with Gasteiger partial charge in [-0.2, -0.15) is 0 Å². The van der Waals surface area contributed by atoms with E-state index in [2.05, 4.69) is 9.88 Å². The second-order valence-corrected chi connectivity index (χ2v) is 10.3. The first kappa shape index (κ1) is 25.5. The number of carboxylic acids is 1. The number of alkyl halides is 1. The Bertz CT molecular complexity index is 1090. The number of ether oxygens (including phenoxy) is 1. The van der Waals surface area contributed by atoms with Gasteiger partial charge in [0.05, 0.1) is 18.9 Å². The summed E-state index contributed by atoms with van der Waals surface area (Å²) in [4.78, 5) is 19.2. The minimum absolute atomic E-state index is 0.159. The Morgan fingerprint density at radius 3 is 2.97 bits per heavy atom. The van der Waals surface area contributed by atoms with Crippen LogP contribution < -0.4 is 4.74 Å². The van der Waals surface area contributed by atoms with Gasteiger partial charge in [0.1, 0.15) is 18.2 Å². The van der Waals surface area contributed by atoms with E-state index < -0.39 is 12.1 Å². The zero-order chi connectivity index (χ0) is 24.6. The van der Waals surface area contributed by atoms with Crippen LogP contribution in [0, 0.1) is 11.8 Å². The highest BCUT2D eigenvalue weighted by molar-refractivity contribution is 7.99. The molecule has 0 saturated carbocycles. The van der Waals surface area contributed by atoms with Crippen LogP contribution in [0.1, 0.15) is 43.8 Å². The molecule has 0 bridgehead atoms. The second-order valence-electron chi connectivity index (χ2n) is 9.18. The molecular formula is C27H33FN2O4S. The third-order valence-electron chi connectivity index (χ3n) is 6.99. The van der Waals surface area contributed by atoms with Crippen LogP contribution in [0.25, 0.3) is 10.9 Å². The number of nitrogens with zero attached hydrogens (tertiary/aromatic N) is 2. The lowest BCUT2D eigenvalue weighted by atomic mass is 9.79. The summed E-state index contributed by atoms with van der Waals surface area (Å²) in [6.45, 7) is 2.78. The van der Waals surface area contributed by atoms with E-state index in [0.717, 1.165) is 54.0 Å². The van der Waals surface area contributed by atoms with Crippen molar-refractivity contribution in [3.05, 3.63) is 54.6 Å². The van der Waals surface area contributed by atoms with E-state index in [0.29, 0.717) is 30.1 Å². The van der Waals surface area contributed by atoms with E-state index in [9.17, 15) is 9.90 Å². The molecule has 1 aliphatic heterocycles. The summed E-state index contributed by atoms with van der Waals surface area (Å²) >= 11 is 1.76. The zero-order valence-electron chi connectivity index (χ0n) is 20.1. The molecule has 1 N–H and O–H groups in total. The summed E-state index contributed by atoms with van der Waals surface area (Å²) in [6.07, 6.45) is 6.92. The Balaban J connectivity index is 1.36. The third kappa shape index (κ3) is 6.98. The molecule has 2 aromatic heterocycles. The number of thioether (sulfide) groups is 1. The lowest BCUT2D eigenvalue weighted by Crippen LogP contribution is -2.41. The van der Waals surface area contributed by atoms with Crippen molar-refractivity contribution >= 4 is 28.6 Å². The summed E-state index contributed by atoms with van der Waals surface area (Å²) in [5.41, 5.74) is 1.40. The van der Waals surface area contributed by atoms with Gasteiger partial charge in [-0.25, -0.2) is 4.39 Å². The largest absolute Gasteiger partial charge is 0.497 e. The molecule has 3 atom stereocenters. The number of furan rings is 1. The maximum absolute atomic E-state index is 15.5. The number of carbonyl (C=O) groups is 1. The van der Waals surface area contributed by atoms with Gasteiger partial charge in [0.2, 0.25) is 0 Å². The van der Waals surface area contributed by atoms with Gasteiger partial charge in [0.15, 0.2) is 0 Å². The van der Waals surface area contributed by atoms with Crippen LogP contribution in [0.2, 0.25) is 0 Å². The van der Waals surface area contributed by atoms with Crippen LogP contribution in [0.15, 0.2) is 58.4 Å². The molecule has 4 rings (SSSR count). The standard InChI is InChI=1S/C27H33FN2O4S/c1-33-21-4-6-26-24(16-21)23(8-11-29-26)25(28)5-2-19-9-12-30(17-20(19)3-7-27(31)32)13-15-35-22-10-14-34-18-22/h4,6,8,10-11,14,16,18-20,25H,2-3,5,7,9,12-13,15,17H2,1H3,(H,31,32)/t19-,20+,25?/m1/s1. The topological polar surface area (TPSA) is 75.8 Å². The van der Waals surface area contributed by atoms with Crippen molar-refractivity contribution in [2.45, 2.75) is 43.2 Å². The maximum Gasteiger partial charge on any atom is 0.303 e. The lowest BCUT2D eigenvalue weighted by Gasteiger charge is -2.39. The van der Waals surface area contributed by atoms with Gasteiger partial charge >= 0.3 is 5.97 Å². The fraction of sp³-hybridized carbons (Fsp3) is 0.481. The molecule has 1 saturated heterocycles. The summed E-state index contributed by atoms with van der Waals surface area (Å²) in [7, 11) is 1.60. The van der Waals surface area contributed by atoms with E-state index in [4.69, 9.17) is 9.15 Å². The first-order valence-electron chi connectivity index (χ1n) is 12.2. The van der Waals surface area contributed by atoms with Crippen LogP contribution in [0.5, 0.6) is 5.75 Å². The van der Waals surface area contributed by atoms with E-state index in [-0.39, 0.29) is 12.3 Å². The normalized spacial score (nSPS) is 19.6. The number of halogens is 1. The van der Waals surface area contributed by atoms with Gasteiger partial charge in [-0.3, -0.25) is 9.78 Å². The van der Waals surface area contributed by atoms with Crippen LogP contribution >= 0.6 is 11.8 Å². The first-order chi connectivity index (χ1) is 17.0. The summed E-state index contributed by atoms with van der Waals surface area (Å²) in [6, 6.07) is 9.25. The predicted molar refractivity (Wildman–Crippen MR) is 136 cm³/mol. The molecule has 6 nitrogen and oxygen atoms in total. The van der Waals surface area contributed by atoms with E-state index in [1.807, 2.05) is 24.3 Å². The number of aliphatic carboxylic acids is 1. The molecule has 0 radical (unpaired) electrons. The Morgan fingerprint density at radius 2 is 2.20 bits per heavy atom. The number of pyridine rings is 1. The van der Waals surface area contributed by atoms with E-state index in [1.54, 1.807) is 43.7 Å². The Labute approximate surface area is 209 Å². The number of aromatic nitrogens is 1. The molecule has 1 aliphatic rings. The van der Waals surface area contributed by atoms with Crippen LogP contribution in [0.3, 0.4) is 0 Å². The predicted octanol–water partition coefficient (Wildman–Crippen LogP) is 6.22. The minimum Gasteiger partial charge on any atom is -0.497 e. The number of piperidine rings is 1. The fourth-order valence-electron chi connectivity index (χ4n) is 5.06. The van der Waals surface area contributed by atoms with Crippen LogP contribution in [0.4, 0.5) is 4.39 Å². The van der Waals surface area contributed by atoms with Crippen LogP contribution in [-0.2, 0) is 4.79 Å². The molecule has 0 spiro atoms. The van der Waals surface area contributed by atoms with Gasteiger partial charge in [0.25, 0.3) is 0 Å². The zero-order valence-corrected chi connectivity index (χ0v) is 20.9. The molecule has 3 aromatic rings. The number of hydrogen-bond donors (Lipinski definition) is 1. The quantitative estimate of drug-likeness (QED) is 0.296. The SMILES string of the molecule is COc1ccc2nccc(C(F)CC[C@@H]3CCN(CCSc4ccoc4)C[C@@H]3CCC(=O)O)c2c1. The van der Waals surface area contributed by atoms with Gasteiger partial charge in [-0.05, 0) is 80.0 Å². The third-order valence-corrected chi connectivity index (χ3v) is 7.94. The summed E-state index contributed by atoms with van der Waals surface area (Å²) in [5, 5.41) is 10.0. The van der Waals surface area contributed by atoms with Crippen molar-refractivity contribution in [1.82, 2.24) is 9.88 Å². The Morgan fingerprint density at radius 1 is 1.31 bits per heavy atom. The minimum atomic E-state index is -1.10. The monoisotopic (exact) mass is 500 g/mol. The van der Waals surface area contributed by atoms with Gasteiger partial charge in [0, 0.05) is 41.7 Å². The Hall–Kier alpha value is -2.58. The lowest BCUT2D eigenvalue weighted by molar-refractivity contribution is -0.137. The van der Waals surface area contributed by atoms with Gasteiger partial charge in [-0.15, -0.1) is 11.8 Å². The highest BCUT2D eigenvalue weighted by atomic mass is 32.2. The molecule has 1 aromatic carbocycles. The maximum atomic E-state index is 15.5. The number of methoxy groups -OCH3 is 1. The molecule has 8 heteroatoms. The second kappa shape index (κ2) is 12.4. The molecular weight excluding hydrogens is 467 g/mol. The number of fused-ring (bicyclic) bond motifs is 1. The Kier molecular flexibility index (Phi) is 9.04. The molecule has 1 fully saturated rings. The van der Waals surface area contributed by atoms with Crippen molar-refractivity contribution in [3.63, 3.8) is 0 Å². The number of hydrogen-bond acceptors (Lipinski definition) is 6. The molecule has 35 heavy (non-hydrogen) atoms. The molecule has 0 aliphatic carbocycles. The highest BCUT2D eigenvalue weighted by Gasteiger charge is 2.30. The van der Waals surface area contributed by atoms with Crippen molar-refractivity contribution < 1.29 is 23.4 Å². The van der Waals surface area contributed by atoms with E-state index in [1.165, 1.54) is 0 Å². The molecule has 188 valence electrons. The smallest absolute Gasteiger partial charge is 0.303 e. The highest BCUT2D eigenvalue weighted by Crippen LogP contribution is 2.36. The van der Waals surface area contributed by atoms with E-state index >= 15 is 4.39 Å². The average Bonchev–Trinajstić information content (AvgIpc) is 3.39. The van der Waals surface area contributed by atoms with Crippen molar-refractivity contribution in [2.75, 3.05) is 32.5 Å². The summed E-state index contributed by atoms with van der Waals surface area (Å²) in [5.74, 6) is 1.47. The number of benzene rings is 1. The van der Waals surface area contributed by atoms with Crippen molar-refractivity contribution in [2.24, 2.45) is 11.8 Å². The number of likely N-dealkylation sites (tertiary alicyclic amines) is 1.